The van der Waals surface area contributed by atoms with Crippen LogP contribution in [0.4, 0.5) is 0 Å². The molecule has 0 N–H and O–H groups in total. The monoisotopic (exact) mass is 316 g/mol. The number of hydrogen-bond acceptors (Lipinski definition) is 5. The Morgan fingerprint density at radius 2 is 1.87 bits per heavy atom. The van der Waals surface area contributed by atoms with Crippen molar-refractivity contribution in [2.45, 2.75) is 26.2 Å². The van der Waals surface area contributed by atoms with Gasteiger partial charge in [0.15, 0.2) is 0 Å². The molecule has 0 saturated carbocycles. The molecule has 0 unspecified atom stereocenters. The van der Waals surface area contributed by atoms with Crippen LogP contribution in [0.5, 0.6) is 5.75 Å². The Labute approximate surface area is 134 Å². The van der Waals surface area contributed by atoms with Gasteiger partial charge in [-0.15, -0.1) is 0 Å². The molecule has 0 atom stereocenters. The molecule has 0 amide bonds. The quantitative estimate of drug-likeness (QED) is 0.323. The minimum absolute atomic E-state index is 0.348. The van der Waals surface area contributed by atoms with E-state index in [0.29, 0.717) is 30.1 Å². The number of carbonyl (C=O) groups excluding carboxylic acids is 1. The molecule has 0 radical (unpaired) electrons. The Morgan fingerprint density at radius 3 is 2.65 bits per heavy atom. The van der Waals surface area contributed by atoms with Gasteiger partial charge in [0.2, 0.25) is 0 Å². The zero-order valence-electron chi connectivity index (χ0n) is 13.2. The van der Waals surface area contributed by atoms with Crippen molar-refractivity contribution in [3.8, 4) is 5.75 Å². The highest BCUT2D eigenvalue weighted by molar-refractivity contribution is 5.86. The van der Waals surface area contributed by atoms with Gasteiger partial charge in [-0.3, -0.25) is 0 Å². The van der Waals surface area contributed by atoms with Crippen LogP contribution in [0.2, 0.25) is 0 Å². The number of rotatable bonds is 8. The number of benzene rings is 1. The maximum Gasteiger partial charge on any atom is 0.336 e. The minimum atomic E-state index is -0.376. The molecule has 0 spiro atoms. The van der Waals surface area contributed by atoms with E-state index in [1.54, 1.807) is 19.1 Å². The molecule has 1 aromatic carbocycles. The van der Waals surface area contributed by atoms with Crippen molar-refractivity contribution in [2.24, 2.45) is 0 Å². The zero-order valence-corrected chi connectivity index (χ0v) is 13.2. The van der Waals surface area contributed by atoms with Gasteiger partial charge in [-0.05, 0) is 44.4 Å². The normalized spacial score (nSPS) is 10.5. The topological polar surface area (TPSA) is 65.7 Å². The van der Waals surface area contributed by atoms with E-state index in [4.69, 9.17) is 13.9 Å². The molecule has 0 aliphatic heterocycles. The van der Waals surface area contributed by atoms with Gasteiger partial charge in [-0.25, -0.2) is 9.59 Å². The molecule has 1 aromatic heterocycles. The maximum absolute atomic E-state index is 11.2. The van der Waals surface area contributed by atoms with Gasteiger partial charge < -0.3 is 13.9 Å². The first kappa shape index (κ1) is 16.8. The maximum atomic E-state index is 11.2. The summed E-state index contributed by atoms with van der Waals surface area (Å²) in [6.07, 6.45) is 2.53. The van der Waals surface area contributed by atoms with Crippen molar-refractivity contribution >= 4 is 16.9 Å². The summed E-state index contributed by atoms with van der Waals surface area (Å²) in [6, 6.07) is 8.52. The number of hydrogen-bond donors (Lipinski definition) is 0. The van der Waals surface area contributed by atoms with E-state index < -0.39 is 0 Å². The van der Waals surface area contributed by atoms with Gasteiger partial charge in [0.25, 0.3) is 0 Å². The second kappa shape index (κ2) is 8.17. The Bertz CT molecular complexity index is 744. The van der Waals surface area contributed by atoms with Gasteiger partial charge in [0.05, 0.1) is 13.2 Å². The molecule has 1 heterocycles. The Kier molecular flexibility index (Phi) is 5.97. The molecule has 0 aliphatic carbocycles. The lowest BCUT2D eigenvalue weighted by atomic mass is 10.2. The number of esters is 1. The lowest BCUT2D eigenvalue weighted by molar-refractivity contribution is -0.139. The van der Waals surface area contributed by atoms with Crippen LogP contribution in [-0.4, -0.2) is 19.2 Å². The van der Waals surface area contributed by atoms with Crippen LogP contribution >= 0.6 is 0 Å². The minimum Gasteiger partial charge on any atom is -0.493 e. The largest absolute Gasteiger partial charge is 0.493 e. The van der Waals surface area contributed by atoms with Crippen LogP contribution < -0.4 is 10.4 Å². The molecular weight excluding hydrogens is 296 g/mol. The highest BCUT2D eigenvalue weighted by Crippen LogP contribution is 2.19. The first-order valence-electron chi connectivity index (χ1n) is 7.55. The van der Waals surface area contributed by atoms with E-state index >= 15 is 0 Å². The molecule has 5 heteroatoms. The van der Waals surface area contributed by atoms with Crippen molar-refractivity contribution in [1.82, 2.24) is 0 Å². The highest BCUT2D eigenvalue weighted by atomic mass is 16.5. The molecule has 0 fully saturated rings. The van der Waals surface area contributed by atoms with Crippen LogP contribution in [0.15, 0.2) is 51.7 Å². The van der Waals surface area contributed by atoms with E-state index in [1.165, 1.54) is 6.07 Å². The highest BCUT2D eigenvalue weighted by Gasteiger charge is 2.03. The molecule has 122 valence electrons. The first-order chi connectivity index (χ1) is 11.1. The molecule has 2 rings (SSSR count). The van der Waals surface area contributed by atoms with Crippen molar-refractivity contribution < 1.29 is 18.7 Å². The average molecular weight is 316 g/mol. The van der Waals surface area contributed by atoms with E-state index in [1.807, 2.05) is 12.1 Å². The fraction of sp³-hybridized carbons (Fsp3) is 0.333. The third-order valence-electron chi connectivity index (χ3n) is 3.23. The van der Waals surface area contributed by atoms with E-state index in [0.717, 1.165) is 24.6 Å². The van der Waals surface area contributed by atoms with Crippen molar-refractivity contribution in [2.75, 3.05) is 13.2 Å². The molecule has 0 bridgehead atoms. The fourth-order valence-electron chi connectivity index (χ4n) is 1.99. The predicted octanol–water partition coefficient (Wildman–Crippen LogP) is 3.46. The van der Waals surface area contributed by atoms with Gasteiger partial charge in [-0.1, -0.05) is 6.58 Å². The number of carbonyl (C=O) groups is 1. The van der Waals surface area contributed by atoms with E-state index in [9.17, 15) is 9.59 Å². The van der Waals surface area contributed by atoms with E-state index in [2.05, 4.69) is 6.58 Å². The fourth-order valence-corrected chi connectivity index (χ4v) is 1.99. The van der Waals surface area contributed by atoms with Gasteiger partial charge >= 0.3 is 11.6 Å². The lowest BCUT2D eigenvalue weighted by Crippen LogP contribution is -2.06. The molecule has 5 nitrogen and oxygen atoms in total. The summed E-state index contributed by atoms with van der Waals surface area (Å²) < 4.78 is 15.8. The molecule has 0 aliphatic rings. The predicted molar refractivity (Wildman–Crippen MR) is 87.6 cm³/mol. The Hall–Kier alpha value is -2.56. The van der Waals surface area contributed by atoms with Crippen molar-refractivity contribution in [3.63, 3.8) is 0 Å². The number of ether oxygens (including phenoxy) is 2. The lowest BCUT2D eigenvalue weighted by Gasteiger charge is -2.07. The summed E-state index contributed by atoms with van der Waals surface area (Å²) in [5, 5.41) is 0.858. The SMILES string of the molecule is C=C(C)C(=O)OCCCCCOc1ccc2ccc(=O)oc2c1. The van der Waals surface area contributed by atoms with E-state index in [-0.39, 0.29) is 11.6 Å². The van der Waals surface area contributed by atoms with Gasteiger partial charge in [0, 0.05) is 23.1 Å². The third-order valence-corrected chi connectivity index (χ3v) is 3.23. The van der Waals surface area contributed by atoms with Gasteiger partial charge in [-0.2, -0.15) is 0 Å². The standard InChI is InChI=1S/C18H20O5/c1-13(2)18(20)22-11-5-3-4-10-21-15-8-6-14-7-9-17(19)23-16(14)12-15/h6-9,12H,1,3-5,10-11H2,2H3. The Balaban J connectivity index is 1.69. The Morgan fingerprint density at radius 1 is 1.13 bits per heavy atom. The smallest absolute Gasteiger partial charge is 0.336 e. The summed E-state index contributed by atoms with van der Waals surface area (Å²) in [4.78, 5) is 22.4. The summed E-state index contributed by atoms with van der Waals surface area (Å²) in [6.45, 7) is 6.10. The summed E-state index contributed by atoms with van der Waals surface area (Å²) in [7, 11) is 0. The molecule has 23 heavy (non-hydrogen) atoms. The first-order valence-corrected chi connectivity index (χ1v) is 7.55. The van der Waals surface area contributed by atoms with Crippen LogP contribution in [0, 0.1) is 0 Å². The van der Waals surface area contributed by atoms with Crippen LogP contribution in [0.1, 0.15) is 26.2 Å². The summed E-state index contributed by atoms with van der Waals surface area (Å²) >= 11 is 0. The summed E-state index contributed by atoms with van der Waals surface area (Å²) in [5.74, 6) is 0.319. The molecule has 0 saturated heterocycles. The third kappa shape index (κ3) is 5.29. The summed E-state index contributed by atoms with van der Waals surface area (Å²) in [5.41, 5.74) is 0.553. The van der Waals surface area contributed by atoms with Crippen molar-refractivity contribution in [3.05, 3.63) is 52.9 Å². The number of unbranched alkanes of at least 4 members (excludes halogenated alkanes) is 2. The zero-order chi connectivity index (χ0) is 16.7. The van der Waals surface area contributed by atoms with Crippen LogP contribution in [-0.2, 0) is 9.53 Å². The van der Waals surface area contributed by atoms with Crippen LogP contribution in [0.3, 0.4) is 0 Å². The second-order valence-electron chi connectivity index (χ2n) is 5.28. The molecular formula is C18H20O5. The van der Waals surface area contributed by atoms with Gasteiger partial charge in [0.1, 0.15) is 11.3 Å². The number of fused-ring (bicyclic) bond motifs is 1. The van der Waals surface area contributed by atoms with Crippen molar-refractivity contribution in [1.29, 1.82) is 0 Å². The second-order valence-corrected chi connectivity index (χ2v) is 5.28. The van der Waals surface area contributed by atoms with Crippen LogP contribution in [0.25, 0.3) is 11.0 Å². The average Bonchev–Trinajstić information content (AvgIpc) is 2.53. The molecule has 2 aromatic rings.